The number of aromatic nitrogens is 1. The van der Waals surface area contributed by atoms with Gasteiger partial charge in [0.2, 0.25) is 0 Å². The number of nitrogens with zero attached hydrogens (tertiary/aromatic N) is 2. The van der Waals surface area contributed by atoms with Crippen molar-refractivity contribution >= 4 is 17.3 Å². The second kappa shape index (κ2) is 8.50. The summed E-state index contributed by atoms with van der Waals surface area (Å²) >= 11 is 0. The molecule has 0 fully saturated rings. The number of nitrogens with one attached hydrogen (secondary N) is 1. The molecule has 1 heterocycles. The third-order valence-electron chi connectivity index (χ3n) is 3.57. The number of halogens is 3. The molecule has 25 heavy (non-hydrogen) atoms. The second-order valence-corrected chi connectivity index (χ2v) is 5.57. The molecule has 0 spiro atoms. The average molecular weight is 351 g/mol. The van der Waals surface area contributed by atoms with E-state index in [0.29, 0.717) is 18.8 Å². The number of pyridine rings is 1. The Labute approximate surface area is 144 Å². The van der Waals surface area contributed by atoms with Crippen LogP contribution in [0.25, 0.3) is 0 Å². The number of anilines is 2. The Kier molecular flexibility index (Phi) is 6.38. The molecule has 0 aliphatic carbocycles. The van der Waals surface area contributed by atoms with E-state index in [9.17, 15) is 18.0 Å². The van der Waals surface area contributed by atoms with Gasteiger partial charge in [0.15, 0.2) is 17.5 Å². The van der Waals surface area contributed by atoms with Crippen LogP contribution in [0.1, 0.15) is 37.2 Å². The van der Waals surface area contributed by atoms with E-state index >= 15 is 0 Å². The Morgan fingerprint density at radius 1 is 1.08 bits per heavy atom. The first-order chi connectivity index (χ1) is 12.0. The highest BCUT2D eigenvalue weighted by Crippen LogP contribution is 2.24. The van der Waals surface area contributed by atoms with Crippen molar-refractivity contribution in [2.45, 2.75) is 26.7 Å². The van der Waals surface area contributed by atoms with Crippen molar-refractivity contribution < 1.29 is 18.0 Å². The fraction of sp³-hybridized carbons (Fsp3) is 0.333. The molecule has 2 rings (SSSR count). The van der Waals surface area contributed by atoms with E-state index < -0.39 is 17.5 Å². The van der Waals surface area contributed by atoms with E-state index in [0.717, 1.165) is 25.0 Å². The van der Waals surface area contributed by atoms with Crippen LogP contribution in [0.2, 0.25) is 0 Å². The maximum atomic E-state index is 13.8. The molecule has 2 aromatic rings. The molecule has 0 bridgehead atoms. The lowest BCUT2D eigenvalue weighted by Crippen LogP contribution is -2.33. The van der Waals surface area contributed by atoms with Crippen molar-refractivity contribution in [3.8, 4) is 0 Å². The molecule has 1 amide bonds. The van der Waals surface area contributed by atoms with Gasteiger partial charge in [-0.25, -0.2) is 13.2 Å². The van der Waals surface area contributed by atoms with E-state index in [-0.39, 0.29) is 17.3 Å². The predicted molar refractivity (Wildman–Crippen MR) is 90.3 cm³/mol. The van der Waals surface area contributed by atoms with Gasteiger partial charge in [-0.1, -0.05) is 13.8 Å². The summed E-state index contributed by atoms with van der Waals surface area (Å²) in [4.78, 5) is 18.3. The van der Waals surface area contributed by atoms with Gasteiger partial charge in [0.05, 0.1) is 5.69 Å². The van der Waals surface area contributed by atoms with Crippen molar-refractivity contribution in [3.63, 3.8) is 0 Å². The van der Waals surface area contributed by atoms with Crippen LogP contribution in [0.3, 0.4) is 0 Å². The van der Waals surface area contributed by atoms with E-state index in [1.807, 2.05) is 13.8 Å². The van der Waals surface area contributed by atoms with Crippen molar-refractivity contribution in [1.82, 2.24) is 9.88 Å². The lowest BCUT2D eigenvalue weighted by Gasteiger charge is -2.21. The van der Waals surface area contributed by atoms with Gasteiger partial charge >= 0.3 is 0 Å². The van der Waals surface area contributed by atoms with Gasteiger partial charge in [-0.3, -0.25) is 9.78 Å². The third kappa shape index (κ3) is 4.49. The zero-order chi connectivity index (χ0) is 18.4. The fourth-order valence-electron chi connectivity index (χ4n) is 2.42. The van der Waals surface area contributed by atoms with Gasteiger partial charge < -0.3 is 10.2 Å². The summed E-state index contributed by atoms with van der Waals surface area (Å²) in [5.74, 6) is -4.35. The van der Waals surface area contributed by atoms with Crippen LogP contribution in [-0.4, -0.2) is 28.9 Å². The molecular formula is C18H20F3N3O. The molecule has 0 atom stereocenters. The molecule has 0 radical (unpaired) electrons. The first kappa shape index (κ1) is 18.8. The SMILES string of the molecule is CCCN(CCC)C(=O)c1cc(Nc2ccc(F)c(F)c2F)ccn1. The highest BCUT2D eigenvalue weighted by molar-refractivity contribution is 5.93. The van der Waals surface area contributed by atoms with Crippen molar-refractivity contribution in [2.75, 3.05) is 18.4 Å². The molecule has 1 aromatic carbocycles. The van der Waals surface area contributed by atoms with Gasteiger partial charge in [-0.05, 0) is 37.1 Å². The normalized spacial score (nSPS) is 10.6. The highest BCUT2D eigenvalue weighted by atomic mass is 19.2. The van der Waals surface area contributed by atoms with Crippen molar-refractivity contribution in [3.05, 3.63) is 53.6 Å². The van der Waals surface area contributed by atoms with Gasteiger partial charge in [0.25, 0.3) is 5.91 Å². The Balaban J connectivity index is 2.24. The molecule has 4 nitrogen and oxygen atoms in total. The largest absolute Gasteiger partial charge is 0.353 e. The van der Waals surface area contributed by atoms with Crippen LogP contribution in [0.15, 0.2) is 30.5 Å². The molecule has 7 heteroatoms. The topological polar surface area (TPSA) is 45.2 Å². The zero-order valence-corrected chi connectivity index (χ0v) is 14.2. The highest BCUT2D eigenvalue weighted by Gasteiger charge is 2.17. The first-order valence-electron chi connectivity index (χ1n) is 8.13. The Hall–Kier alpha value is -2.57. The maximum Gasteiger partial charge on any atom is 0.272 e. The number of hydrogen-bond donors (Lipinski definition) is 1. The number of benzene rings is 1. The average Bonchev–Trinajstić information content (AvgIpc) is 2.62. The summed E-state index contributed by atoms with van der Waals surface area (Å²) < 4.78 is 40.1. The van der Waals surface area contributed by atoms with Crippen LogP contribution in [0, 0.1) is 17.5 Å². The lowest BCUT2D eigenvalue weighted by molar-refractivity contribution is 0.0749. The summed E-state index contributed by atoms with van der Waals surface area (Å²) in [6.07, 6.45) is 3.05. The number of carbonyl (C=O) groups excluding carboxylic acids is 1. The van der Waals surface area contributed by atoms with Gasteiger partial charge in [-0.15, -0.1) is 0 Å². The molecule has 1 aromatic heterocycles. The minimum atomic E-state index is -1.55. The Morgan fingerprint density at radius 3 is 2.40 bits per heavy atom. The molecular weight excluding hydrogens is 331 g/mol. The molecule has 0 saturated carbocycles. The first-order valence-corrected chi connectivity index (χ1v) is 8.13. The second-order valence-electron chi connectivity index (χ2n) is 5.57. The van der Waals surface area contributed by atoms with Crippen LogP contribution in [0.5, 0.6) is 0 Å². The van der Waals surface area contributed by atoms with Crippen LogP contribution in [-0.2, 0) is 0 Å². The van der Waals surface area contributed by atoms with E-state index in [4.69, 9.17) is 0 Å². The molecule has 0 aliphatic heterocycles. The van der Waals surface area contributed by atoms with Gasteiger partial charge in [0.1, 0.15) is 5.69 Å². The molecule has 1 N–H and O–H groups in total. The van der Waals surface area contributed by atoms with Crippen molar-refractivity contribution in [2.24, 2.45) is 0 Å². The number of amides is 1. The van der Waals surface area contributed by atoms with Crippen LogP contribution < -0.4 is 5.32 Å². The van der Waals surface area contributed by atoms with Crippen LogP contribution in [0.4, 0.5) is 24.5 Å². The van der Waals surface area contributed by atoms with E-state index in [1.54, 1.807) is 4.90 Å². The van der Waals surface area contributed by atoms with Gasteiger partial charge in [-0.2, -0.15) is 0 Å². The minimum absolute atomic E-state index is 0.204. The quantitative estimate of drug-likeness (QED) is 0.747. The third-order valence-corrected chi connectivity index (χ3v) is 3.57. The van der Waals surface area contributed by atoms with Crippen molar-refractivity contribution in [1.29, 1.82) is 0 Å². The summed E-state index contributed by atoms with van der Waals surface area (Å²) in [5.41, 5.74) is 0.341. The summed E-state index contributed by atoms with van der Waals surface area (Å²) in [6.45, 7) is 5.19. The number of rotatable bonds is 7. The fourth-order valence-corrected chi connectivity index (χ4v) is 2.42. The monoisotopic (exact) mass is 351 g/mol. The summed E-state index contributed by atoms with van der Waals surface area (Å²) in [5, 5.41) is 2.65. The summed E-state index contributed by atoms with van der Waals surface area (Å²) in [6, 6.07) is 4.90. The standard InChI is InChI=1S/C18H20F3N3O/c1-3-9-24(10-4-2)18(25)15-11-12(7-8-22-15)23-14-6-5-13(19)16(20)17(14)21/h5-8,11H,3-4,9-10H2,1-2H3,(H,22,23). The number of hydrogen-bond acceptors (Lipinski definition) is 3. The predicted octanol–water partition coefficient (Wildman–Crippen LogP) is 4.50. The van der Waals surface area contributed by atoms with Gasteiger partial charge in [0, 0.05) is 25.0 Å². The smallest absolute Gasteiger partial charge is 0.272 e. The minimum Gasteiger partial charge on any atom is -0.353 e. The lowest BCUT2D eigenvalue weighted by atomic mass is 10.2. The maximum absolute atomic E-state index is 13.8. The Bertz CT molecular complexity index is 746. The van der Waals surface area contributed by atoms with Crippen LogP contribution >= 0.6 is 0 Å². The molecule has 0 unspecified atom stereocenters. The number of carbonyl (C=O) groups is 1. The molecule has 0 aliphatic rings. The van der Waals surface area contributed by atoms with E-state index in [2.05, 4.69) is 10.3 Å². The summed E-state index contributed by atoms with van der Waals surface area (Å²) in [7, 11) is 0. The Morgan fingerprint density at radius 2 is 1.76 bits per heavy atom. The zero-order valence-electron chi connectivity index (χ0n) is 14.2. The van der Waals surface area contributed by atoms with E-state index in [1.165, 1.54) is 18.3 Å². The molecule has 0 saturated heterocycles. The molecule has 134 valence electrons.